The Balaban J connectivity index is 0. The molecule has 1 rings (SSSR count). The Hall–Kier alpha value is -0.0700. The monoisotopic (exact) mass is 173 g/mol. The van der Waals surface area contributed by atoms with Gasteiger partial charge in [0.05, 0.1) is 0 Å². The molecular weight excluding hydrogens is 165 g/mol. The maximum absolute atomic E-state index is 7.18. The molecule has 0 amide bonds. The maximum Gasteiger partial charge on any atom is 1.00 e. The third kappa shape index (κ3) is 9.93. The number of rotatable bonds is 0. The first-order chi connectivity index (χ1) is 4.81. The van der Waals surface area contributed by atoms with Crippen LogP contribution in [-0.4, -0.2) is 0 Å². The van der Waals surface area contributed by atoms with Gasteiger partial charge in [-0.25, -0.2) is 0 Å². The minimum atomic E-state index is 0. The quantitative estimate of drug-likeness (QED) is 0.238. The van der Waals surface area contributed by atoms with Crippen molar-refractivity contribution >= 4 is 12.6 Å². The first-order valence-corrected chi connectivity index (χ1v) is 3.16. The normalized spacial score (nSPS) is 6.18. The molecule has 0 N–H and O–H groups in total. The van der Waals surface area contributed by atoms with Gasteiger partial charge in [0.2, 0.25) is 0 Å². The molecule has 0 fully saturated rings. The van der Waals surface area contributed by atoms with Crippen LogP contribution >= 0.6 is 12.6 Å². The largest absolute Gasteiger partial charge is 1.00 e. The molecule has 0 aliphatic carbocycles. The molecule has 0 aliphatic heterocycles. The summed E-state index contributed by atoms with van der Waals surface area (Å²) in [6.07, 6.45) is 0. The third-order valence-corrected chi connectivity index (χ3v) is 0.843. The molecule has 11 heavy (non-hydrogen) atoms. The number of hydrogen-bond donors (Lipinski definition) is 1. The number of benzene rings is 1. The summed E-state index contributed by atoms with van der Waals surface area (Å²) >= 11 is 3.09. The molecule has 0 atom stereocenters. The van der Waals surface area contributed by atoms with E-state index < -0.39 is 0 Å². The zero-order valence-electron chi connectivity index (χ0n) is 6.49. The minimum Gasteiger partial charge on any atom is -0.199 e. The van der Waals surface area contributed by atoms with E-state index in [2.05, 4.69) is 19.6 Å². The van der Waals surface area contributed by atoms with Gasteiger partial charge in [0, 0.05) is 0 Å². The van der Waals surface area contributed by atoms with Crippen molar-refractivity contribution in [2.75, 3.05) is 0 Å². The number of thiocyanates is 1. The summed E-state index contributed by atoms with van der Waals surface area (Å²) in [6, 6.07) is 9.87. The van der Waals surface area contributed by atoms with Crippen molar-refractivity contribution in [3.63, 3.8) is 0 Å². The van der Waals surface area contributed by atoms with Crippen molar-refractivity contribution in [1.29, 1.82) is 5.26 Å². The fourth-order valence-electron chi connectivity index (χ4n) is 0.478. The summed E-state index contributed by atoms with van der Waals surface area (Å²) in [5.41, 5.74) is 1.07. The van der Waals surface area contributed by atoms with E-state index in [-0.39, 0.29) is 29.6 Å². The van der Waals surface area contributed by atoms with Crippen LogP contribution in [0, 0.1) is 17.6 Å². The minimum absolute atomic E-state index is 0. The second kappa shape index (κ2) is 9.93. The Kier molecular flexibility index (Phi) is 12.2. The second-order valence-corrected chi connectivity index (χ2v) is 1.79. The number of nitrogens with zero attached hydrogens (tertiary/aromatic N) is 1. The molecule has 3 heteroatoms. The molecule has 1 aromatic carbocycles. The van der Waals surface area contributed by atoms with Crippen LogP contribution in [0.5, 0.6) is 0 Å². The zero-order chi connectivity index (χ0) is 7.82. The van der Waals surface area contributed by atoms with Crippen LogP contribution in [0.2, 0.25) is 0 Å². The summed E-state index contributed by atoms with van der Waals surface area (Å²) in [5, 5.41) is 8.63. The van der Waals surface area contributed by atoms with Gasteiger partial charge in [0.15, 0.2) is 0 Å². The first-order valence-electron chi connectivity index (χ1n) is 2.71. The summed E-state index contributed by atoms with van der Waals surface area (Å²) in [5.74, 6) is 0. The van der Waals surface area contributed by atoms with E-state index in [1.807, 2.05) is 30.3 Å². The predicted octanol–water partition coefficient (Wildman–Crippen LogP) is -0.730. The molecule has 1 nitrogen and oxygen atoms in total. The van der Waals surface area contributed by atoms with E-state index in [1.54, 1.807) is 0 Å². The van der Waals surface area contributed by atoms with E-state index in [0.29, 0.717) is 0 Å². The average Bonchev–Trinajstić information content (AvgIpc) is 1.91. The van der Waals surface area contributed by atoms with Gasteiger partial charge in [-0.3, -0.25) is 0 Å². The van der Waals surface area contributed by atoms with Crippen molar-refractivity contribution in [3.05, 3.63) is 42.8 Å². The molecule has 0 spiro atoms. The average molecular weight is 173 g/mol. The molecule has 0 saturated heterocycles. The Bertz CT molecular complexity index is 205. The van der Waals surface area contributed by atoms with Crippen LogP contribution < -0.4 is 29.6 Å². The summed E-state index contributed by atoms with van der Waals surface area (Å²) in [7, 11) is 0. The van der Waals surface area contributed by atoms with Crippen LogP contribution in [0.1, 0.15) is 5.56 Å². The van der Waals surface area contributed by atoms with Crippen molar-refractivity contribution in [2.24, 2.45) is 0 Å². The standard InChI is InChI=1S/C7H7.CHNS.Na/c1-7-5-3-2-4-6-7;2-1-3;/h2-6H,1H2;3H;/q-1;;+1. The van der Waals surface area contributed by atoms with Gasteiger partial charge in [-0.2, -0.15) is 29.9 Å². The summed E-state index contributed by atoms with van der Waals surface area (Å²) in [4.78, 5) is 0. The molecule has 0 unspecified atom stereocenters. The Morgan fingerprint density at radius 2 is 1.64 bits per heavy atom. The first kappa shape index (κ1) is 13.5. The molecule has 0 aliphatic rings. The van der Waals surface area contributed by atoms with Crippen molar-refractivity contribution < 1.29 is 29.6 Å². The Labute approximate surface area is 95.1 Å². The SMILES string of the molecule is N#CS.[CH2-]c1ccccc1.[Na+]. The van der Waals surface area contributed by atoms with Gasteiger partial charge in [0.25, 0.3) is 0 Å². The van der Waals surface area contributed by atoms with Crippen LogP contribution in [0.3, 0.4) is 0 Å². The van der Waals surface area contributed by atoms with Gasteiger partial charge >= 0.3 is 29.6 Å². The number of hydrogen-bond acceptors (Lipinski definition) is 2. The van der Waals surface area contributed by atoms with E-state index >= 15 is 0 Å². The molecule has 0 heterocycles. The van der Waals surface area contributed by atoms with E-state index in [9.17, 15) is 0 Å². The van der Waals surface area contributed by atoms with Gasteiger partial charge in [-0.1, -0.05) is 18.7 Å². The Morgan fingerprint density at radius 1 is 1.27 bits per heavy atom. The smallest absolute Gasteiger partial charge is 0.199 e. The molecule has 0 bridgehead atoms. The molecule has 52 valence electrons. The third-order valence-electron chi connectivity index (χ3n) is 0.843. The molecule has 0 aromatic heterocycles. The van der Waals surface area contributed by atoms with Crippen LogP contribution in [-0.2, 0) is 0 Å². The molecular formula is C8H8NNaS. The fourth-order valence-corrected chi connectivity index (χ4v) is 0.478. The van der Waals surface area contributed by atoms with Gasteiger partial charge in [-0.05, 0) is 0 Å². The van der Waals surface area contributed by atoms with Crippen molar-refractivity contribution in [1.82, 2.24) is 0 Å². The van der Waals surface area contributed by atoms with Gasteiger partial charge in [-0.15, -0.1) is 12.1 Å². The van der Waals surface area contributed by atoms with Crippen LogP contribution in [0.4, 0.5) is 0 Å². The number of thiol groups is 1. The second-order valence-electron chi connectivity index (χ2n) is 1.59. The van der Waals surface area contributed by atoms with Crippen LogP contribution in [0.25, 0.3) is 0 Å². The van der Waals surface area contributed by atoms with Gasteiger partial charge in [0.1, 0.15) is 5.40 Å². The van der Waals surface area contributed by atoms with Gasteiger partial charge < -0.3 is 0 Å². The molecule has 0 radical (unpaired) electrons. The topological polar surface area (TPSA) is 23.8 Å². The summed E-state index contributed by atoms with van der Waals surface area (Å²) in [6.45, 7) is 3.72. The Morgan fingerprint density at radius 3 is 1.82 bits per heavy atom. The zero-order valence-corrected chi connectivity index (χ0v) is 9.38. The molecule has 1 aromatic rings. The number of nitriles is 1. The summed E-state index contributed by atoms with van der Waals surface area (Å²) < 4.78 is 0. The molecule has 0 saturated carbocycles. The van der Waals surface area contributed by atoms with E-state index in [1.165, 1.54) is 5.40 Å². The van der Waals surface area contributed by atoms with E-state index in [4.69, 9.17) is 5.26 Å². The predicted molar refractivity (Wildman–Crippen MR) is 45.5 cm³/mol. The fraction of sp³-hybridized carbons (Fsp3) is 0. The van der Waals surface area contributed by atoms with E-state index in [0.717, 1.165) is 5.56 Å². The van der Waals surface area contributed by atoms with Crippen molar-refractivity contribution in [2.45, 2.75) is 0 Å². The van der Waals surface area contributed by atoms with Crippen molar-refractivity contribution in [3.8, 4) is 5.40 Å². The maximum atomic E-state index is 7.18. The van der Waals surface area contributed by atoms with Crippen LogP contribution in [0.15, 0.2) is 30.3 Å².